The summed E-state index contributed by atoms with van der Waals surface area (Å²) in [6.45, 7) is 0.789. The van der Waals surface area contributed by atoms with Gasteiger partial charge in [0.2, 0.25) is 5.91 Å². The number of halogens is 1. The first-order chi connectivity index (χ1) is 11.6. The summed E-state index contributed by atoms with van der Waals surface area (Å²) in [5.74, 6) is 0.0235. The molecule has 0 aliphatic heterocycles. The van der Waals surface area contributed by atoms with Crippen molar-refractivity contribution in [3.8, 4) is 0 Å². The lowest BCUT2D eigenvalue weighted by Crippen LogP contribution is -2.50. The van der Waals surface area contributed by atoms with E-state index in [0.717, 1.165) is 30.4 Å². The van der Waals surface area contributed by atoms with Crippen LogP contribution in [-0.2, 0) is 11.3 Å². The van der Waals surface area contributed by atoms with Gasteiger partial charge in [-0.05, 0) is 47.2 Å². The molecule has 136 valence electrons. The lowest BCUT2D eigenvalue weighted by Gasteiger charge is -2.39. The van der Waals surface area contributed by atoms with Crippen LogP contribution in [0.2, 0.25) is 0 Å². The molecular formula is C19H25ClN2O2S. The van der Waals surface area contributed by atoms with Gasteiger partial charge in [-0.15, -0.1) is 12.4 Å². The molecule has 0 saturated heterocycles. The third-order valence-corrected chi connectivity index (χ3v) is 5.44. The van der Waals surface area contributed by atoms with Gasteiger partial charge in [-0.2, -0.15) is 11.3 Å². The Labute approximate surface area is 159 Å². The number of thiophene rings is 1. The maximum Gasteiger partial charge on any atom is 0.224 e. The zero-order chi connectivity index (χ0) is 17.0. The largest absolute Gasteiger partial charge is 0.387 e. The van der Waals surface area contributed by atoms with Crippen LogP contribution in [0.15, 0.2) is 47.2 Å². The summed E-state index contributed by atoms with van der Waals surface area (Å²) < 4.78 is 0. The minimum absolute atomic E-state index is 0. The number of hydrogen-bond acceptors (Lipinski definition) is 4. The molecule has 0 spiro atoms. The summed E-state index contributed by atoms with van der Waals surface area (Å²) in [5.41, 5.74) is 7.82. The van der Waals surface area contributed by atoms with Crippen molar-refractivity contribution in [2.75, 3.05) is 6.54 Å². The van der Waals surface area contributed by atoms with Crippen LogP contribution in [0.4, 0.5) is 0 Å². The number of aliphatic hydroxyl groups is 1. The topological polar surface area (TPSA) is 66.6 Å². The van der Waals surface area contributed by atoms with Crippen molar-refractivity contribution in [2.45, 2.75) is 43.9 Å². The molecule has 4 nitrogen and oxygen atoms in total. The first-order valence-corrected chi connectivity index (χ1v) is 9.31. The van der Waals surface area contributed by atoms with Crippen LogP contribution in [0.25, 0.3) is 0 Å². The van der Waals surface area contributed by atoms with Crippen LogP contribution in [-0.4, -0.2) is 28.0 Å². The molecule has 1 heterocycles. The lowest BCUT2D eigenvalue weighted by molar-refractivity contribution is -0.135. The van der Waals surface area contributed by atoms with E-state index in [1.807, 2.05) is 47.2 Å². The normalized spacial score (nSPS) is 16.4. The van der Waals surface area contributed by atoms with Gasteiger partial charge in [-0.1, -0.05) is 30.3 Å². The van der Waals surface area contributed by atoms with Gasteiger partial charge in [0.05, 0.1) is 12.6 Å². The van der Waals surface area contributed by atoms with Crippen molar-refractivity contribution < 1.29 is 9.90 Å². The van der Waals surface area contributed by atoms with Crippen molar-refractivity contribution in [1.82, 2.24) is 4.90 Å². The van der Waals surface area contributed by atoms with Gasteiger partial charge in [0.15, 0.2) is 0 Å². The number of aliphatic hydroxyl groups excluding tert-OH is 1. The number of carbonyl (C=O) groups is 1. The Balaban J connectivity index is 0.00000225. The van der Waals surface area contributed by atoms with E-state index >= 15 is 0 Å². The Morgan fingerprint density at radius 2 is 2.00 bits per heavy atom. The molecule has 0 radical (unpaired) electrons. The van der Waals surface area contributed by atoms with E-state index in [-0.39, 0.29) is 23.9 Å². The Morgan fingerprint density at radius 3 is 2.56 bits per heavy atom. The molecule has 1 saturated carbocycles. The summed E-state index contributed by atoms with van der Waals surface area (Å²) in [5, 5.41) is 14.3. The second-order valence-corrected chi connectivity index (χ2v) is 7.51. The number of carbonyl (C=O) groups excluding carboxylic acids is 1. The highest BCUT2D eigenvalue weighted by Crippen LogP contribution is 2.33. The van der Waals surface area contributed by atoms with Crippen molar-refractivity contribution in [1.29, 1.82) is 0 Å². The molecule has 1 aromatic heterocycles. The highest BCUT2D eigenvalue weighted by molar-refractivity contribution is 7.07. The van der Waals surface area contributed by atoms with Gasteiger partial charge in [0.1, 0.15) is 0 Å². The first kappa shape index (κ1) is 19.9. The number of rotatable bonds is 7. The summed E-state index contributed by atoms with van der Waals surface area (Å²) in [7, 11) is 0. The Bertz CT molecular complexity index is 659. The minimum atomic E-state index is -0.668. The van der Waals surface area contributed by atoms with Gasteiger partial charge in [-0.3, -0.25) is 4.79 Å². The monoisotopic (exact) mass is 380 g/mol. The molecule has 1 unspecified atom stereocenters. The Kier molecular flexibility index (Phi) is 7.02. The van der Waals surface area contributed by atoms with Crippen LogP contribution in [0.1, 0.15) is 42.9 Å². The third-order valence-electron chi connectivity index (χ3n) is 4.74. The van der Waals surface area contributed by atoms with Crippen LogP contribution in [0.3, 0.4) is 0 Å². The number of hydrogen-bond donors (Lipinski definition) is 2. The van der Waals surface area contributed by atoms with Gasteiger partial charge >= 0.3 is 0 Å². The Morgan fingerprint density at radius 1 is 1.28 bits per heavy atom. The fourth-order valence-electron chi connectivity index (χ4n) is 3.06. The number of benzene rings is 1. The van der Waals surface area contributed by atoms with E-state index in [1.54, 1.807) is 16.2 Å². The highest BCUT2D eigenvalue weighted by Gasteiger charge is 2.36. The van der Waals surface area contributed by atoms with E-state index in [4.69, 9.17) is 5.73 Å². The second-order valence-electron chi connectivity index (χ2n) is 6.73. The Hall–Kier alpha value is -1.40. The predicted molar refractivity (Wildman–Crippen MR) is 104 cm³/mol. The zero-order valence-electron chi connectivity index (χ0n) is 14.1. The molecule has 25 heavy (non-hydrogen) atoms. The molecule has 1 aromatic carbocycles. The summed E-state index contributed by atoms with van der Waals surface area (Å²) in [4.78, 5) is 14.5. The van der Waals surface area contributed by atoms with E-state index in [0.29, 0.717) is 19.5 Å². The zero-order valence-corrected chi connectivity index (χ0v) is 15.8. The summed E-state index contributed by atoms with van der Waals surface area (Å²) >= 11 is 1.55. The van der Waals surface area contributed by atoms with Crippen molar-refractivity contribution in [2.24, 2.45) is 5.73 Å². The van der Waals surface area contributed by atoms with Crippen molar-refractivity contribution in [3.63, 3.8) is 0 Å². The highest BCUT2D eigenvalue weighted by atomic mass is 35.5. The average Bonchev–Trinajstić information content (AvgIpc) is 3.08. The molecule has 1 fully saturated rings. The van der Waals surface area contributed by atoms with Crippen LogP contribution >= 0.6 is 23.7 Å². The third kappa shape index (κ3) is 5.28. The van der Waals surface area contributed by atoms with Crippen LogP contribution in [0, 0.1) is 0 Å². The summed E-state index contributed by atoms with van der Waals surface area (Å²) in [6.07, 6.45) is 2.60. The minimum Gasteiger partial charge on any atom is -0.387 e. The SMILES string of the molecule is Cl.NC1(CC(=O)N(Cc2ccccc2)CC(O)c2ccsc2)CCC1. The number of nitrogens with two attached hydrogens (primary N) is 1. The summed E-state index contributed by atoms with van der Waals surface area (Å²) in [6, 6.07) is 11.8. The quantitative estimate of drug-likeness (QED) is 0.772. The molecule has 1 aliphatic carbocycles. The van der Waals surface area contributed by atoms with E-state index in [2.05, 4.69) is 0 Å². The standard InChI is InChI=1S/C19H24N2O2S.ClH/c20-19(8-4-9-19)11-18(23)21(12-15-5-2-1-3-6-15)13-17(22)16-7-10-24-14-16;/h1-3,5-7,10,14,17,22H,4,8-9,11-13,20H2;1H. The molecule has 3 rings (SSSR count). The molecule has 3 N–H and O–H groups in total. The second kappa shape index (κ2) is 8.81. The van der Waals surface area contributed by atoms with E-state index in [9.17, 15) is 9.90 Å². The first-order valence-electron chi connectivity index (χ1n) is 8.36. The van der Waals surface area contributed by atoms with Gasteiger partial charge < -0.3 is 15.7 Å². The molecular weight excluding hydrogens is 356 g/mol. The smallest absolute Gasteiger partial charge is 0.224 e. The lowest BCUT2D eigenvalue weighted by atomic mass is 9.75. The fraction of sp³-hybridized carbons (Fsp3) is 0.421. The van der Waals surface area contributed by atoms with E-state index < -0.39 is 6.10 Å². The molecule has 1 amide bonds. The van der Waals surface area contributed by atoms with E-state index in [1.165, 1.54) is 0 Å². The van der Waals surface area contributed by atoms with Crippen molar-refractivity contribution >= 4 is 29.7 Å². The van der Waals surface area contributed by atoms with Gasteiger partial charge in [0, 0.05) is 18.5 Å². The molecule has 1 atom stereocenters. The molecule has 0 bridgehead atoms. The maximum absolute atomic E-state index is 12.8. The van der Waals surface area contributed by atoms with Gasteiger partial charge in [0.25, 0.3) is 0 Å². The fourth-order valence-corrected chi connectivity index (χ4v) is 3.76. The van der Waals surface area contributed by atoms with Crippen LogP contribution < -0.4 is 5.73 Å². The van der Waals surface area contributed by atoms with Gasteiger partial charge in [-0.25, -0.2) is 0 Å². The molecule has 6 heteroatoms. The predicted octanol–water partition coefficient (Wildman–Crippen LogP) is 3.50. The average molecular weight is 381 g/mol. The van der Waals surface area contributed by atoms with Crippen LogP contribution in [0.5, 0.6) is 0 Å². The maximum atomic E-state index is 12.8. The molecule has 1 aliphatic rings. The number of amides is 1. The number of nitrogens with zero attached hydrogens (tertiary/aromatic N) is 1. The molecule has 2 aromatic rings. The van der Waals surface area contributed by atoms with Crippen molar-refractivity contribution in [3.05, 3.63) is 58.3 Å².